The van der Waals surface area contributed by atoms with Crippen LogP contribution >= 0.6 is 11.3 Å². The largest absolute Gasteiger partial charge is 0.246 e. The highest BCUT2D eigenvalue weighted by Gasteiger charge is 2.06. The van der Waals surface area contributed by atoms with E-state index in [1.165, 1.54) is 17.6 Å². The fourth-order valence-corrected chi connectivity index (χ4v) is 2.15. The molecule has 1 aromatic rings. The van der Waals surface area contributed by atoms with E-state index in [9.17, 15) is 8.42 Å². The minimum Gasteiger partial charge on any atom is -0.246 e. The topological polar surface area (TPSA) is 47.0 Å². The molecule has 1 heterocycles. The number of aryl methyl sites for hydroxylation is 1. The number of hydrogen-bond acceptors (Lipinski definition) is 4. The predicted octanol–water partition coefficient (Wildman–Crippen LogP) is 2.02. The van der Waals surface area contributed by atoms with Gasteiger partial charge >= 0.3 is 0 Å². The van der Waals surface area contributed by atoms with Crippen molar-refractivity contribution in [1.82, 2.24) is 4.98 Å². The van der Waals surface area contributed by atoms with Crippen LogP contribution in [0, 0.1) is 6.92 Å². The Labute approximate surface area is 83.7 Å². The Balaban J connectivity index is 0.000000671. The molecule has 0 unspecified atom stereocenters. The van der Waals surface area contributed by atoms with Gasteiger partial charge < -0.3 is 0 Å². The van der Waals surface area contributed by atoms with E-state index in [4.69, 9.17) is 0 Å². The maximum Gasteiger partial charge on any atom is 0.153 e. The second-order valence-corrected chi connectivity index (χ2v) is 5.63. The van der Waals surface area contributed by atoms with Gasteiger partial charge in [-0.25, -0.2) is 13.4 Å². The Hall–Kier alpha value is -0.420. The summed E-state index contributed by atoms with van der Waals surface area (Å²) in [4.78, 5) is 4.04. The lowest BCUT2D eigenvalue weighted by atomic mass is 10.6. The lowest BCUT2D eigenvalue weighted by molar-refractivity contribution is 0.600. The summed E-state index contributed by atoms with van der Waals surface area (Å²) in [6.45, 7) is 5.86. The molecule has 0 saturated heterocycles. The van der Waals surface area contributed by atoms with Crippen molar-refractivity contribution in [1.29, 1.82) is 0 Å². The summed E-state index contributed by atoms with van der Waals surface area (Å²) in [5, 5.41) is 2.68. The van der Waals surface area contributed by atoms with Gasteiger partial charge in [0.1, 0.15) is 0 Å². The van der Waals surface area contributed by atoms with E-state index < -0.39 is 9.84 Å². The highest BCUT2D eigenvalue weighted by molar-refractivity contribution is 7.89. The van der Waals surface area contributed by atoms with Crippen molar-refractivity contribution in [2.75, 3.05) is 6.26 Å². The SMILES string of the molecule is CC.Cc1nc(CS(C)(=O)=O)cs1. The smallest absolute Gasteiger partial charge is 0.153 e. The summed E-state index contributed by atoms with van der Waals surface area (Å²) in [6, 6.07) is 0. The third-order valence-electron chi connectivity index (χ3n) is 1.08. The minimum atomic E-state index is -2.92. The quantitative estimate of drug-likeness (QED) is 0.767. The number of nitrogens with zero attached hydrogens (tertiary/aromatic N) is 1. The van der Waals surface area contributed by atoms with E-state index in [1.54, 1.807) is 5.38 Å². The van der Waals surface area contributed by atoms with Crippen molar-refractivity contribution in [3.63, 3.8) is 0 Å². The molecule has 0 saturated carbocycles. The average Bonchev–Trinajstić information content (AvgIpc) is 2.36. The molecule has 1 aromatic heterocycles. The summed E-state index contributed by atoms with van der Waals surface area (Å²) in [5.41, 5.74) is 0.648. The van der Waals surface area contributed by atoms with Crippen molar-refractivity contribution in [3.8, 4) is 0 Å². The van der Waals surface area contributed by atoms with Gasteiger partial charge in [-0.3, -0.25) is 0 Å². The molecular weight excluding hydrogens is 206 g/mol. The third-order valence-corrected chi connectivity index (χ3v) is 2.72. The summed E-state index contributed by atoms with van der Waals surface area (Å²) in [5.74, 6) is 0.0529. The maximum absolute atomic E-state index is 10.8. The monoisotopic (exact) mass is 221 g/mol. The Kier molecular flexibility index (Phi) is 5.17. The zero-order valence-corrected chi connectivity index (χ0v) is 10.00. The molecule has 0 radical (unpaired) electrons. The Morgan fingerprint density at radius 3 is 2.31 bits per heavy atom. The molecule has 0 aromatic carbocycles. The molecule has 0 aliphatic carbocycles. The summed E-state index contributed by atoms with van der Waals surface area (Å²) < 4.78 is 21.5. The number of sulfone groups is 1. The highest BCUT2D eigenvalue weighted by atomic mass is 32.2. The van der Waals surface area contributed by atoms with Gasteiger partial charge in [-0.05, 0) is 6.92 Å². The van der Waals surface area contributed by atoms with Crippen molar-refractivity contribution in [2.45, 2.75) is 26.5 Å². The molecule has 13 heavy (non-hydrogen) atoms. The fraction of sp³-hybridized carbons (Fsp3) is 0.625. The molecule has 0 bridgehead atoms. The lowest BCUT2D eigenvalue weighted by Gasteiger charge is -1.90. The molecule has 0 atom stereocenters. The van der Waals surface area contributed by atoms with Crippen molar-refractivity contribution in [3.05, 3.63) is 16.1 Å². The summed E-state index contributed by atoms with van der Waals surface area (Å²) in [7, 11) is -2.92. The van der Waals surface area contributed by atoms with Crippen LogP contribution in [0.15, 0.2) is 5.38 Å². The van der Waals surface area contributed by atoms with E-state index in [2.05, 4.69) is 4.98 Å². The molecule has 0 aliphatic heterocycles. The predicted molar refractivity (Wildman–Crippen MR) is 56.7 cm³/mol. The second kappa shape index (κ2) is 5.34. The van der Waals surface area contributed by atoms with E-state index in [-0.39, 0.29) is 5.75 Å². The van der Waals surface area contributed by atoms with Crippen LogP contribution < -0.4 is 0 Å². The van der Waals surface area contributed by atoms with Gasteiger partial charge in [0.25, 0.3) is 0 Å². The first-order valence-corrected chi connectivity index (χ1v) is 7.00. The van der Waals surface area contributed by atoms with Crippen LogP contribution in [0.3, 0.4) is 0 Å². The van der Waals surface area contributed by atoms with E-state index in [0.29, 0.717) is 5.69 Å². The highest BCUT2D eigenvalue weighted by Crippen LogP contribution is 2.10. The fourth-order valence-electron chi connectivity index (χ4n) is 0.743. The van der Waals surface area contributed by atoms with Crippen LogP contribution in [0.1, 0.15) is 24.5 Å². The Morgan fingerprint density at radius 1 is 1.46 bits per heavy atom. The van der Waals surface area contributed by atoms with Gasteiger partial charge in [0.2, 0.25) is 0 Å². The van der Waals surface area contributed by atoms with Crippen LogP contribution in [0.4, 0.5) is 0 Å². The molecule has 0 N–H and O–H groups in total. The normalized spacial score (nSPS) is 10.5. The molecule has 76 valence electrons. The number of aromatic nitrogens is 1. The molecule has 3 nitrogen and oxygen atoms in total. The van der Waals surface area contributed by atoms with Crippen molar-refractivity contribution >= 4 is 21.2 Å². The number of hydrogen-bond donors (Lipinski definition) is 0. The Bertz CT molecular complexity index is 341. The van der Waals surface area contributed by atoms with Gasteiger partial charge in [0.15, 0.2) is 9.84 Å². The van der Waals surface area contributed by atoms with Gasteiger partial charge in [-0.15, -0.1) is 11.3 Å². The van der Waals surface area contributed by atoms with Gasteiger partial charge in [-0.1, -0.05) is 13.8 Å². The van der Waals surface area contributed by atoms with Crippen molar-refractivity contribution < 1.29 is 8.42 Å². The van der Waals surface area contributed by atoms with E-state index in [0.717, 1.165) is 5.01 Å². The average molecular weight is 221 g/mol. The zero-order chi connectivity index (χ0) is 10.5. The molecular formula is C8H15NO2S2. The van der Waals surface area contributed by atoms with Crippen LogP contribution in [0.25, 0.3) is 0 Å². The van der Waals surface area contributed by atoms with Gasteiger partial charge in [-0.2, -0.15) is 0 Å². The molecule has 0 amide bonds. The maximum atomic E-state index is 10.8. The van der Waals surface area contributed by atoms with E-state index >= 15 is 0 Å². The molecule has 0 fully saturated rings. The lowest BCUT2D eigenvalue weighted by Crippen LogP contribution is -2.00. The first-order valence-electron chi connectivity index (χ1n) is 4.06. The zero-order valence-electron chi connectivity index (χ0n) is 8.36. The van der Waals surface area contributed by atoms with Gasteiger partial charge in [0.05, 0.1) is 16.5 Å². The summed E-state index contributed by atoms with van der Waals surface area (Å²) >= 11 is 1.47. The van der Waals surface area contributed by atoms with Crippen LogP contribution in [0.5, 0.6) is 0 Å². The summed E-state index contributed by atoms with van der Waals surface area (Å²) in [6.07, 6.45) is 1.21. The first kappa shape index (κ1) is 12.6. The number of rotatable bonds is 2. The van der Waals surface area contributed by atoms with Crippen LogP contribution in [-0.2, 0) is 15.6 Å². The van der Waals surface area contributed by atoms with Crippen LogP contribution in [-0.4, -0.2) is 19.7 Å². The van der Waals surface area contributed by atoms with Crippen molar-refractivity contribution in [2.24, 2.45) is 0 Å². The standard InChI is InChI=1S/C6H9NO2S2.C2H6/c1-5-7-6(3-10-5)4-11(2,8)9;1-2/h3H,4H2,1-2H3;1-2H3. The van der Waals surface area contributed by atoms with E-state index in [1.807, 2.05) is 20.8 Å². The van der Waals surface area contributed by atoms with Crippen LogP contribution in [0.2, 0.25) is 0 Å². The molecule has 0 aliphatic rings. The van der Waals surface area contributed by atoms with Gasteiger partial charge in [0, 0.05) is 11.6 Å². The number of thiazole rings is 1. The minimum absolute atomic E-state index is 0.0529. The first-order chi connectivity index (χ1) is 5.97. The molecule has 1 rings (SSSR count). The Morgan fingerprint density at radius 2 is 2.00 bits per heavy atom. The molecule has 0 spiro atoms. The second-order valence-electron chi connectivity index (χ2n) is 2.43. The third kappa shape index (κ3) is 5.76. The molecule has 5 heteroatoms.